The number of hydrogen-bond acceptors (Lipinski definition) is 3. The number of likely N-dealkylation sites (tertiary alicyclic amines) is 2. The number of rotatable bonds is 4. The van der Waals surface area contributed by atoms with Crippen LogP contribution in [0.3, 0.4) is 0 Å². The summed E-state index contributed by atoms with van der Waals surface area (Å²) in [5, 5.41) is 0. The number of aromatic nitrogens is 1. The summed E-state index contributed by atoms with van der Waals surface area (Å²) in [6, 6.07) is 5.90. The van der Waals surface area contributed by atoms with Crippen LogP contribution >= 0.6 is 0 Å². The van der Waals surface area contributed by atoms with Gasteiger partial charge in [-0.3, -0.25) is 9.69 Å². The lowest BCUT2D eigenvalue weighted by Crippen LogP contribution is -2.45. The average molecular weight is 299 g/mol. The Morgan fingerprint density at radius 3 is 2.82 bits per heavy atom. The molecule has 1 saturated carbocycles. The molecular weight excluding hydrogens is 274 g/mol. The van der Waals surface area contributed by atoms with E-state index in [4.69, 9.17) is 0 Å². The fraction of sp³-hybridized carbons (Fsp3) is 0.667. The minimum absolute atomic E-state index is 0.126. The number of carbonyl (C=O) groups is 1. The molecule has 0 unspecified atom stereocenters. The normalized spacial score (nSPS) is 23.8. The lowest BCUT2D eigenvalue weighted by atomic mass is 9.97. The zero-order valence-electron chi connectivity index (χ0n) is 13.4. The number of carbonyl (C=O) groups excluding carboxylic acids is 1. The van der Waals surface area contributed by atoms with Crippen LogP contribution in [0.2, 0.25) is 0 Å². The van der Waals surface area contributed by atoms with Gasteiger partial charge >= 0.3 is 0 Å². The van der Waals surface area contributed by atoms with Crippen molar-refractivity contribution in [3.8, 4) is 0 Å². The predicted octanol–water partition coefficient (Wildman–Crippen LogP) is 2.55. The molecule has 0 N–H and O–H groups in total. The molecule has 1 amide bonds. The van der Waals surface area contributed by atoms with E-state index < -0.39 is 0 Å². The molecule has 0 atom stereocenters. The van der Waals surface area contributed by atoms with E-state index >= 15 is 0 Å². The first-order valence-electron chi connectivity index (χ1n) is 8.65. The van der Waals surface area contributed by atoms with Crippen molar-refractivity contribution < 1.29 is 4.79 Å². The Bertz CT molecular complexity index is 575. The summed E-state index contributed by atoms with van der Waals surface area (Å²) in [5.41, 5.74) is 2.14. The molecule has 4 heteroatoms. The van der Waals surface area contributed by atoms with Crippen LogP contribution in [0, 0.1) is 11.3 Å². The third-order valence-corrected chi connectivity index (χ3v) is 5.70. The molecule has 2 aliphatic heterocycles. The molecule has 1 aromatic heterocycles. The first-order valence-corrected chi connectivity index (χ1v) is 8.65. The SMILES string of the molecule is CCC1CN(Cc2cccc(C(=O)N3CCC4(CC4)C3)n2)C1. The number of nitrogens with zero attached hydrogens (tertiary/aromatic N) is 3. The highest BCUT2D eigenvalue weighted by molar-refractivity contribution is 5.92. The van der Waals surface area contributed by atoms with E-state index in [9.17, 15) is 4.79 Å². The summed E-state index contributed by atoms with van der Waals surface area (Å²) in [7, 11) is 0. The van der Waals surface area contributed by atoms with E-state index in [0.717, 1.165) is 31.2 Å². The molecule has 2 saturated heterocycles. The largest absolute Gasteiger partial charge is 0.337 e. The molecular formula is C18H25N3O. The van der Waals surface area contributed by atoms with Gasteiger partial charge in [0, 0.05) is 32.7 Å². The van der Waals surface area contributed by atoms with Crippen LogP contribution in [-0.2, 0) is 6.54 Å². The maximum absolute atomic E-state index is 12.6. The van der Waals surface area contributed by atoms with Crippen molar-refractivity contribution in [2.24, 2.45) is 11.3 Å². The van der Waals surface area contributed by atoms with Gasteiger partial charge in [0.2, 0.25) is 0 Å². The van der Waals surface area contributed by atoms with E-state index in [-0.39, 0.29) is 5.91 Å². The number of hydrogen-bond donors (Lipinski definition) is 0. The number of amides is 1. The summed E-state index contributed by atoms with van der Waals surface area (Å²) in [4.78, 5) is 21.7. The molecule has 4 nitrogen and oxygen atoms in total. The zero-order chi connectivity index (χ0) is 15.2. The lowest BCUT2D eigenvalue weighted by molar-refractivity contribution is 0.0774. The van der Waals surface area contributed by atoms with Crippen molar-refractivity contribution in [2.75, 3.05) is 26.2 Å². The van der Waals surface area contributed by atoms with Gasteiger partial charge in [-0.2, -0.15) is 0 Å². The van der Waals surface area contributed by atoms with Gasteiger partial charge in [0.05, 0.1) is 5.69 Å². The maximum Gasteiger partial charge on any atom is 0.272 e. The second-order valence-electron chi connectivity index (χ2n) is 7.46. The van der Waals surface area contributed by atoms with Crippen molar-refractivity contribution in [3.05, 3.63) is 29.6 Å². The monoisotopic (exact) mass is 299 g/mol. The van der Waals surface area contributed by atoms with E-state index in [0.29, 0.717) is 11.1 Å². The Kier molecular flexibility index (Phi) is 3.44. The lowest BCUT2D eigenvalue weighted by Gasteiger charge is -2.38. The van der Waals surface area contributed by atoms with Gasteiger partial charge in [0.25, 0.3) is 5.91 Å². The van der Waals surface area contributed by atoms with Crippen LogP contribution in [0.4, 0.5) is 0 Å². The van der Waals surface area contributed by atoms with E-state index in [1.807, 2.05) is 23.1 Å². The first-order chi connectivity index (χ1) is 10.7. The fourth-order valence-electron chi connectivity index (χ4n) is 3.84. The Balaban J connectivity index is 1.39. The molecule has 1 spiro atoms. The second-order valence-corrected chi connectivity index (χ2v) is 7.46. The molecule has 3 aliphatic rings. The van der Waals surface area contributed by atoms with Gasteiger partial charge in [-0.15, -0.1) is 0 Å². The van der Waals surface area contributed by atoms with E-state index in [2.05, 4.69) is 16.8 Å². The Morgan fingerprint density at radius 1 is 1.32 bits per heavy atom. The van der Waals surface area contributed by atoms with Crippen LogP contribution in [0.1, 0.15) is 48.8 Å². The summed E-state index contributed by atoms with van der Waals surface area (Å²) >= 11 is 0. The second kappa shape index (κ2) is 5.34. The van der Waals surface area contributed by atoms with Gasteiger partial charge in [0.15, 0.2) is 0 Å². The molecule has 22 heavy (non-hydrogen) atoms. The van der Waals surface area contributed by atoms with Gasteiger partial charge < -0.3 is 4.90 Å². The average Bonchev–Trinajstić information content (AvgIpc) is 3.12. The van der Waals surface area contributed by atoms with Crippen molar-refractivity contribution in [1.29, 1.82) is 0 Å². The quantitative estimate of drug-likeness (QED) is 0.857. The fourth-order valence-corrected chi connectivity index (χ4v) is 3.84. The first kappa shape index (κ1) is 14.2. The molecule has 3 heterocycles. The topological polar surface area (TPSA) is 36.4 Å². The molecule has 3 fully saturated rings. The van der Waals surface area contributed by atoms with Gasteiger partial charge in [-0.25, -0.2) is 4.98 Å². The van der Waals surface area contributed by atoms with Gasteiger partial charge in [0.1, 0.15) is 5.69 Å². The van der Waals surface area contributed by atoms with Crippen molar-refractivity contribution in [3.63, 3.8) is 0 Å². The summed E-state index contributed by atoms with van der Waals surface area (Å²) < 4.78 is 0. The van der Waals surface area contributed by atoms with E-state index in [1.54, 1.807) is 0 Å². The highest BCUT2D eigenvalue weighted by atomic mass is 16.2. The third-order valence-electron chi connectivity index (χ3n) is 5.70. The van der Waals surface area contributed by atoms with Crippen molar-refractivity contribution in [2.45, 2.75) is 39.2 Å². The Morgan fingerprint density at radius 2 is 2.14 bits per heavy atom. The number of pyridine rings is 1. The molecule has 0 radical (unpaired) electrons. The third kappa shape index (κ3) is 2.65. The smallest absolute Gasteiger partial charge is 0.272 e. The molecule has 4 rings (SSSR count). The zero-order valence-corrected chi connectivity index (χ0v) is 13.4. The van der Waals surface area contributed by atoms with Crippen molar-refractivity contribution >= 4 is 5.91 Å². The Hall–Kier alpha value is -1.42. The van der Waals surface area contributed by atoms with Crippen molar-refractivity contribution in [1.82, 2.24) is 14.8 Å². The highest BCUT2D eigenvalue weighted by Crippen LogP contribution is 2.52. The van der Waals surface area contributed by atoms with Gasteiger partial charge in [-0.05, 0) is 42.7 Å². The molecule has 1 aromatic rings. The summed E-state index contributed by atoms with van der Waals surface area (Å²) in [5.74, 6) is 0.977. The maximum atomic E-state index is 12.6. The standard InChI is InChI=1S/C18H25N3O/c1-2-14-10-20(11-14)12-15-4-3-5-16(19-15)17(22)21-9-8-18(13-21)6-7-18/h3-5,14H,2,6-13H2,1H3. The Labute approximate surface area is 132 Å². The van der Waals surface area contributed by atoms with Gasteiger partial charge in [-0.1, -0.05) is 19.4 Å². The van der Waals surface area contributed by atoms with Crippen LogP contribution < -0.4 is 0 Å². The minimum atomic E-state index is 0.126. The molecule has 0 bridgehead atoms. The van der Waals surface area contributed by atoms with Crippen LogP contribution in [-0.4, -0.2) is 46.9 Å². The predicted molar refractivity (Wildman–Crippen MR) is 85.5 cm³/mol. The molecule has 118 valence electrons. The highest BCUT2D eigenvalue weighted by Gasteiger charge is 2.48. The molecule has 1 aliphatic carbocycles. The van der Waals surface area contributed by atoms with Crippen LogP contribution in [0.15, 0.2) is 18.2 Å². The summed E-state index contributed by atoms with van der Waals surface area (Å²) in [6.07, 6.45) is 5.05. The minimum Gasteiger partial charge on any atom is -0.337 e. The van der Waals surface area contributed by atoms with Crippen LogP contribution in [0.25, 0.3) is 0 Å². The summed E-state index contributed by atoms with van der Waals surface area (Å²) in [6.45, 7) is 7.33. The van der Waals surface area contributed by atoms with E-state index in [1.165, 1.54) is 38.8 Å². The molecule has 0 aromatic carbocycles. The van der Waals surface area contributed by atoms with Crippen LogP contribution in [0.5, 0.6) is 0 Å².